The van der Waals surface area contributed by atoms with Gasteiger partial charge in [0, 0.05) is 17.7 Å². The number of nitrogens with one attached hydrogen (secondary N) is 1. The molecule has 2 fully saturated rings. The summed E-state index contributed by atoms with van der Waals surface area (Å²) in [5, 5.41) is 3.10. The van der Waals surface area contributed by atoms with Gasteiger partial charge in [0.1, 0.15) is 4.87 Å². The molecule has 2 aliphatic rings. The van der Waals surface area contributed by atoms with E-state index in [9.17, 15) is 4.79 Å². The minimum atomic E-state index is -0.538. The quantitative estimate of drug-likeness (QED) is 0.431. The van der Waals surface area contributed by atoms with E-state index in [1.807, 2.05) is 6.08 Å². The zero-order chi connectivity index (χ0) is 11.8. The number of thioether (sulfide) groups is 1. The van der Waals surface area contributed by atoms with Crippen molar-refractivity contribution in [3.05, 3.63) is 12.7 Å². The highest BCUT2D eigenvalue weighted by atomic mass is 32.2. The second-order valence-electron chi connectivity index (χ2n) is 4.37. The van der Waals surface area contributed by atoms with Crippen molar-refractivity contribution in [2.24, 2.45) is 17.6 Å². The topological polar surface area (TPSA) is 55.1 Å². The van der Waals surface area contributed by atoms with Gasteiger partial charge in [-0.3, -0.25) is 4.79 Å². The van der Waals surface area contributed by atoms with Crippen molar-refractivity contribution in [2.75, 3.05) is 6.54 Å². The van der Waals surface area contributed by atoms with E-state index in [4.69, 9.17) is 12.2 Å². The van der Waals surface area contributed by atoms with Gasteiger partial charge >= 0.3 is 0 Å². The first-order valence-electron chi connectivity index (χ1n) is 5.45. The summed E-state index contributed by atoms with van der Waals surface area (Å²) in [5.74, 6) is 2.95. The standard InChI is InChI=1S/C12H16N2OS/c1-3-8-5-6-14-11(15)9(8)7-10-12(13,4-2)16-10/h2-3,8-10H,1,5-7,13H2,(H,14,15). The van der Waals surface area contributed by atoms with E-state index in [2.05, 4.69) is 17.8 Å². The molecule has 2 aliphatic heterocycles. The van der Waals surface area contributed by atoms with Crippen LogP contribution in [0.1, 0.15) is 12.8 Å². The molecule has 0 aliphatic carbocycles. The molecule has 3 nitrogen and oxygen atoms in total. The Kier molecular flexibility index (Phi) is 3.00. The Labute approximate surface area is 100 Å². The summed E-state index contributed by atoms with van der Waals surface area (Å²) in [5.41, 5.74) is 5.91. The van der Waals surface area contributed by atoms with Crippen LogP contribution in [0.4, 0.5) is 0 Å². The van der Waals surface area contributed by atoms with Crippen LogP contribution in [0.25, 0.3) is 0 Å². The molecule has 2 heterocycles. The predicted molar refractivity (Wildman–Crippen MR) is 66.6 cm³/mol. The van der Waals surface area contributed by atoms with Gasteiger partial charge < -0.3 is 11.1 Å². The molecule has 0 bridgehead atoms. The number of piperidine rings is 1. The predicted octanol–water partition coefficient (Wildman–Crippen LogP) is 0.718. The molecule has 0 spiro atoms. The lowest BCUT2D eigenvalue weighted by atomic mass is 9.82. The van der Waals surface area contributed by atoms with Crippen LogP contribution in [0, 0.1) is 24.2 Å². The van der Waals surface area contributed by atoms with Crippen molar-refractivity contribution in [3.8, 4) is 12.3 Å². The molecule has 4 unspecified atom stereocenters. The molecule has 0 radical (unpaired) electrons. The van der Waals surface area contributed by atoms with Crippen LogP contribution in [-0.4, -0.2) is 22.6 Å². The highest BCUT2D eigenvalue weighted by Gasteiger charge is 2.53. The third kappa shape index (κ3) is 1.98. The van der Waals surface area contributed by atoms with E-state index in [0.717, 1.165) is 19.4 Å². The fraction of sp³-hybridized carbons (Fsp3) is 0.583. The van der Waals surface area contributed by atoms with Crippen LogP contribution in [0.3, 0.4) is 0 Å². The molecule has 4 heteroatoms. The molecular weight excluding hydrogens is 220 g/mol. The second-order valence-corrected chi connectivity index (χ2v) is 5.85. The Balaban J connectivity index is 2.00. The lowest BCUT2D eigenvalue weighted by Gasteiger charge is -2.28. The monoisotopic (exact) mass is 236 g/mol. The molecule has 86 valence electrons. The summed E-state index contributed by atoms with van der Waals surface area (Å²) in [6.07, 6.45) is 8.95. The summed E-state index contributed by atoms with van der Waals surface area (Å²) in [7, 11) is 0. The Morgan fingerprint density at radius 3 is 3.12 bits per heavy atom. The first-order valence-corrected chi connectivity index (χ1v) is 6.33. The maximum atomic E-state index is 11.8. The molecular formula is C12H16N2OS. The molecule has 0 aromatic rings. The number of amides is 1. The minimum Gasteiger partial charge on any atom is -0.356 e. The van der Waals surface area contributed by atoms with Gasteiger partial charge in [-0.1, -0.05) is 12.0 Å². The zero-order valence-corrected chi connectivity index (χ0v) is 9.93. The normalized spacial score (nSPS) is 42.0. The van der Waals surface area contributed by atoms with Gasteiger partial charge in [0.25, 0.3) is 0 Å². The van der Waals surface area contributed by atoms with Crippen LogP contribution in [0.5, 0.6) is 0 Å². The zero-order valence-electron chi connectivity index (χ0n) is 9.11. The van der Waals surface area contributed by atoms with Crippen LogP contribution >= 0.6 is 11.8 Å². The third-order valence-electron chi connectivity index (χ3n) is 3.39. The average molecular weight is 236 g/mol. The number of nitrogens with two attached hydrogens (primary N) is 1. The number of terminal acetylenes is 1. The van der Waals surface area contributed by atoms with Crippen LogP contribution in [0.15, 0.2) is 12.7 Å². The van der Waals surface area contributed by atoms with Gasteiger partial charge in [0.15, 0.2) is 0 Å². The van der Waals surface area contributed by atoms with Gasteiger partial charge in [-0.05, 0) is 18.8 Å². The number of carbonyl (C=O) groups excluding carboxylic acids is 1. The van der Waals surface area contributed by atoms with Crippen molar-refractivity contribution in [1.29, 1.82) is 0 Å². The average Bonchev–Trinajstić information content (AvgIpc) is 2.93. The Bertz CT molecular complexity index is 363. The summed E-state index contributed by atoms with van der Waals surface area (Å²) in [4.78, 5) is 11.2. The number of carbonyl (C=O) groups is 1. The van der Waals surface area contributed by atoms with Crippen molar-refractivity contribution in [1.82, 2.24) is 5.32 Å². The number of hydrogen-bond acceptors (Lipinski definition) is 3. The molecule has 0 aromatic carbocycles. The largest absolute Gasteiger partial charge is 0.356 e. The SMILES string of the molecule is C#CC1(N)SC1CC1C(=O)NCCC1C=C. The molecule has 2 saturated heterocycles. The molecule has 16 heavy (non-hydrogen) atoms. The maximum absolute atomic E-state index is 11.8. The van der Waals surface area contributed by atoms with E-state index in [1.54, 1.807) is 11.8 Å². The summed E-state index contributed by atoms with van der Waals surface area (Å²) in [6.45, 7) is 4.54. The molecule has 0 saturated carbocycles. The van der Waals surface area contributed by atoms with Crippen LogP contribution in [-0.2, 0) is 4.79 Å². The maximum Gasteiger partial charge on any atom is 0.223 e. The van der Waals surface area contributed by atoms with E-state index >= 15 is 0 Å². The number of allylic oxidation sites excluding steroid dienone is 1. The number of hydrogen-bond donors (Lipinski definition) is 2. The van der Waals surface area contributed by atoms with Crippen LogP contribution in [0.2, 0.25) is 0 Å². The van der Waals surface area contributed by atoms with Gasteiger partial charge in [0.2, 0.25) is 5.91 Å². The number of rotatable bonds is 3. The molecule has 3 N–H and O–H groups in total. The van der Waals surface area contributed by atoms with Gasteiger partial charge in [0.05, 0.1) is 0 Å². The van der Waals surface area contributed by atoms with Crippen molar-refractivity contribution in [3.63, 3.8) is 0 Å². The first-order chi connectivity index (χ1) is 7.60. The lowest BCUT2D eigenvalue weighted by molar-refractivity contribution is -0.128. The molecule has 2 rings (SSSR count). The summed E-state index contributed by atoms with van der Waals surface area (Å²) < 4.78 is 0. The van der Waals surface area contributed by atoms with Gasteiger partial charge in [-0.15, -0.1) is 24.8 Å². The van der Waals surface area contributed by atoms with E-state index in [0.29, 0.717) is 0 Å². The van der Waals surface area contributed by atoms with Crippen molar-refractivity contribution >= 4 is 17.7 Å². The van der Waals surface area contributed by atoms with Crippen molar-refractivity contribution in [2.45, 2.75) is 23.0 Å². The highest BCUT2D eigenvalue weighted by Crippen LogP contribution is 2.52. The molecule has 4 atom stereocenters. The fourth-order valence-electron chi connectivity index (χ4n) is 2.23. The van der Waals surface area contributed by atoms with Crippen molar-refractivity contribution < 1.29 is 4.79 Å². The Morgan fingerprint density at radius 2 is 2.56 bits per heavy atom. The minimum absolute atomic E-state index is 0.0116. The van der Waals surface area contributed by atoms with Crippen LogP contribution < -0.4 is 11.1 Å². The summed E-state index contributed by atoms with van der Waals surface area (Å²) in [6, 6.07) is 0. The first kappa shape index (κ1) is 11.6. The Morgan fingerprint density at radius 1 is 1.81 bits per heavy atom. The highest BCUT2D eigenvalue weighted by molar-refractivity contribution is 8.09. The van der Waals surface area contributed by atoms with E-state index in [1.165, 1.54) is 0 Å². The Hall–Kier alpha value is -0.920. The van der Waals surface area contributed by atoms with Gasteiger partial charge in [-0.25, -0.2) is 0 Å². The smallest absolute Gasteiger partial charge is 0.223 e. The van der Waals surface area contributed by atoms with Gasteiger partial charge in [-0.2, -0.15) is 0 Å². The van der Waals surface area contributed by atoms with E-state index in [-0.39, 0.29) is 23.0 Å². The second kappa shape index (κ2) is 4.15. The fourth-order valence-corrected chi connectivity index (χ4v) is 3.17. The molecule has 0 aromatic heterocycles. The molecule has 1 amide bonds. The van der Waals surface area contributed by atoms with E-state index < -0.39 is 4.87 Å². The third-order valence-corrected chi connectivity index (χ3v) is 4.77. The lowest BCUT2D eigenvalue weighted by Crippen LogP contribution is -2.42. The summed E-state index contributed by atoms with van der Waals surface area (Å²) >= 11 is 1.57.